The molecule has 2 amide bonds. The lowest BCUT2D eigenvalue weighted by molar-refractivity contribution is -0.142. The van der Waals surface area contributed by atoms with Crippen molar-refractivity contribution in [2.24, 2.45) is 5.41 Å². The number of nitrogens with zero attached hydrogens (tertiary/aromatic N) is 2. The van der Waals surface area contributed by atoms with Crippen molar-refractivity contribution >= 4 is 34.8 Å². The second-order valence-electron chi connectivity index (χ2n) is 7.13. The minimum Gasteiger partial charge on any atom is -0.368 e. The summed E-state index contributed by atoms with van der Waals surface area (Å²) in [5.41, 5.74) is 0.799. The summed E-state index contributed by atoms with van der Waals surface area (Å²) in [5.74, 6) is -0.300. The summed E-state index contributed by atoms with van der Waals surface area (Å²) in [6.07, 6.45) is 1.20. The van der Waals surface area contributed by atoms with E-state index in [-0.39, 0.29) is 11.8 Å². The van der Waals surface area contributed by atoms with Crippen molar-refractivity contribution in [3.05, 3.63) is 59.6 Å². The van der Waals surface area contributed by atoms with Gasteiger partial charge in [-0.15, -0.1) is 0 Å². The highest BCUT2D eigenvalue weighted by Crippen LogP contribution is 2.48. The van der Waals surface area contributed by atoms with Crippen molar-refractivity contribution in [1.29, 1.82) is 0 Å². The molecule has 27 heavy (non-hydrogen) atoms. The molecule has 2 fully saturated rings. The Morgan fingerprint density at radius 1 is 0.889 bits per heavy atom. The molecule has 1 aliphatic carbocycles. The summed E-state index contributed by atoms with van der Waals surface area (Å²) in [4.78, 5) is 29.9. The number of hydrogen-bond donors (Lipinski definition) is 1. The average molecular weight is 384 g/mol. The molecule has 140 valence electrons. The molecule has 0 bridgehead atoms. The Morgan fingerprint density at radius 2 is 1.52 bits per heavy atom. The molecule has 0 spiro atoms. The Kier molecular flexibility index (Phi) is 4.79. The molecule has 1 N–H and O–H groups in total. The Bertz CT molecular complexity index is 844. The van der Waals surface area contributed by atoms with E-state index >= 15 is 0 Å². The summed E-state index contributed by atoms with van der Waals surface area (Å²) in [6.45, 7) is 2.82. The highest BCUT2D eigenvalue weighted by Gasteiger charge is 2.58. The number of amides is 2. The number of benzene rings is 2. The van der Waals surface area contributed by atoms with Crippen LogP contribution in [-0.2, 0) is 9.59 Å². The number of carbonyl (C=O) groups excluding carboxylic acids is 2. The molecular weight excluding hydrogens is 362 g/mol. The third kappa shape index (κ3) is 3.52. The Morgan fingerprint density at radius 3 is 2.15 bits per heavy atom. The van der Waals surface area contributed by atoms with E-state index in [2.05, 4.69) is 22.3 Å². The lowest BCUT2D eigenvalue weighted by Crippen LogP contribution is -2.52. The SMILES string of the molecule is O=C(Nc1ccccc1Cl)C1(C(=O)N2CCN(c3ccccc3)CC2)CC1. The van der Waals surface area contributed by atoms with Gasteiger partial charge in [0.1, 0.15) is 5.41 Å². The summed E-state index contributed by atoms with van der Waals surface area (Å²) in [6, 6.07) is 17.3. The van der Waals surface area contributed by atoms with Crippen molar-refractivity contribution < 1.29 is 9.59 Å². The maximum atomic E-state index is 13.1. The molecule has 2 aromatic rings. The minimum atomic E-state index is -0.923. The van der Waals surface area contributed by atoms with Gasteiger partial charge in [0, 0.05) is 31.9 Å². The van der Waals surface area contributed by atoms with Crippen LogP contribution in [-0.4, -0.2) is 42.9 Å². The number of rotatable bonds is 4. The molecule has 6 heteroatoms. The van der Waals surface area contributed by atoms with Crippen LogP contribution in [0.4, 0.5) is 11.4 Å². The Hall–Kier alpha value is -2.53. The largest absolute Gasteiger partial charge is 0.368 e. The lowest BCUT2D eigenvalue weighted by atomic mass is 10.0. The van der Waals surface area contributed by atoms with Crippen molar-refractivity contribution in [1.82, 2.24) is 4.90 Å². The number of carbonyl (C=O) groups is 2. The standard InChI is InChI=1S/C21H22ClN3O2/c22-17-8-4-5-9-18(17)23-19(26)21(10-11-21)20(27)25-14-12-24(13-15-25)16-6-2-1-3-7-16/h1-9H,10-15H2,(H,23,26). The van der Waals surface area contributed by atoms with E-state index in [1.54, 1.807) is 12.1 Å². The van der Waals surface area contributed by atoms with Crippen molar-refractivity contribution in [3.63, 3.8) is 0 Å². The fourth-order valence-electron chi connectivity index (χ4n) is 3.58. The Labute approximate surface area is 163 Å². The van der Waals surface area contributed by atoms with Crippen LogP contribution in [0.5, 0.6) is 0 Å². The lowest BCUT2D eigenvalue weighted by Gasteiger charge is -2.37. The zero-order valence-corrected chi connectivity index (χ0v) is 15.8. The first-order valence-electron chi connectivity index (χ1n) is 9.25. The fraction of sp³-hybridized carbons (Fsp3) is 0.333. The number of anilines is 2. The van der Waals surface area contributed by atoms with E-state index in [1.807, 2.05) is 35.2 Å². The first kappa shape index (κ1) is 17.9. The monoisotopic (exact) mass is 383 g/mol. The number of halogens is 1. The van der Waals surface area contributed by atoms with Crippen LogP contribution < -0.4 is 10.2 Å². The topological polar surface area (TPSA) is 52.7 Å². The maximum absolute atomic E-state index is 13.1. The molecule has 5 nitrogen and oxygen atoms in total. The third-order valence-electron chi connectivity index (χ3n) is 5.40. The summed E-state index contributed by atoms with van der Waals surface area (Å²) < 4.78 is 0. The fourth-order valence-corrected chi connectivity index (χ4v) is 3.76. The number of nitrogens with one attached hydrogen (secondary N) is 1. The molecule has 2 aromatic carbocycles. The second kappa shape index (κ2) is 7.24. The Balaban J connectivity index is 1.39. The van der Waals surface area contributed by atoms with Gasteiger partial charge in [-0.3, -0.25) is 9.59 Å². The van der Waals surface area contributed by atoms with E-state index in [4.69, 9.17) is 11.6 Å². The summed E-state index contributed by atoms with van der Waals surface area (Å²) in [5, 5.41) is 3.32. The summed E-state index contributed by atoms with van der Waals surface area (Å²) in [7, 11) is 0. The van der Waals surface area contributed by atoms with Gasteiger partial charge in [-0.05, 0) is 37.1 Å². The maximum Gasteiger partial charge on any atom is 0.240 e. The van der Waals surface area contributed by atoms with Crippen molar-refractivity contribution in [3.8, 4) is 0 Å². The summed E-state index contributed by atoms with van der Waals surface area (Å²) >= 11 is 6.13. The first-order chi connectivity index (χ1) is 13.1. The molecule has 0 atom stereocenters. The highest BCUT2D eigenvalue weighted by molar-refractivity contribution is 6.34. The van der Waals surface area contributed by atoms with Crippen LogP contribution in [0.1, 0.15) is 12.8 Å². The van der Waals surface area contributed by atoms with Crippen LogP contribution in [0.2, 0.25) is 5.02 Å². The van der Waals surface area contributed by atoms with Gasteiger partial charge >= 0.3 is 0 Å². The van der Waals surface area contributed by atoms with Gasteiger partial charge in [-0.1, -0.05) is 41.9 Å². The number of piperazine rings is 1. The predicted octanol–water partition coefficient (Wildman–Crippen LogP) is 3.41. The van der Waals surface area contributed by atoms with Gasteiger partial charge in [0.15, 0.2) is 0 Å². The van der Waals surface area contributed by atoms with Gasteiger partial charge in [0.05, 0.1) is 10.7 Å². The van der Waals surface area contributed by atoms with E-state index in [0.29, 0.717) is 36.6 Å². The normalized spacial score (nSPS) is 18.1. The number of hydrogen-bond acceptors (Lipinski definition) is 3. The zero-order chi connectivity index (χ0) is 18.9. The van der Waals surface area contributed by atoms with Gasteiger partial charge in [0.25, 0.3) is 0 Å². The molecule has 4 rings (SSSR count). The molecule has 1 saturated heterocycles. The molecule has 0 aromatic heterocycles. The van der Waals surface area contributed by atoms with Gasteiger partial charge < -0.3 is 15.1 Å². The van der Waals surface area contributed by atoms with E-state index < -0.39 is 5.41 Å². The first-order valence-corrected chi connectivity index (χ1v) is 9.63. The van der Waals surface area contributed by atoms with Crippen LogP contribution in [0.3, 0.4) is 0 Å². The molecule has 1 heterocycles. The highest BCUT2D eigenvalue weighted by atomic mass is 35.5. The van der Waals surface area contributed by atoms with Crippen molar-refractivity contribution in [2.75, 3.05) is 36.4 Å². The minimum absolute atomic E-state index is 0.0558. The molecule has 0 unspecified atom stereocenters. The van der Waals surface area contributed by atoms with E-state index in [0.717, 1.165) is 13.1 Å². The molecular formula is C21H22ClN3O2. The van der Waals surface area contributed by atoms with Crippen LogP contribution >= 0.6 is 11.6 Å². The number of para-hydroxylation sites is 2. The average Bonchev–Trinajstić information content (AvgIpc) is 3.52. The van der Waals surface area contributed by atoms with Gasteiger partial charge in [-0.25, -0.2) is 0 Å². The molecule has 1 saturated carbocycles. The quantitative estimate of drug-likeness (QED) is 0.823. The van der Waals surface area contributed by atoms with Crippen LogP contribution in [0, 0.1) is 5.41 Å². The van der Waals surface area contributed by atoms with E-state index in [1.165, 1.54) is 5.69 Å². The van der Waals surface area contributed by atoms with Crippen LogP contribution in [0.25, 0.3) is 0 Å². The van der Waals surface area contributed by atoms with Crippen molar-refractivity contribution in [2.45, 2.75) is 12.8 Å². The van der Waals surface area contributed by atoms with Gasteiger partial charge in [0.2, 0.25) is 11.8 Å². The van der Waals surface area contributed by atoms with Crippen LogP contribution in [0.15, 0.2) is 54.6 Å². The molecule has 0 radical (unpaired) electrons. The van der Waals surface area contributed by atoms with E-state index in [9.17, 15) is 9.59 Å². The molecule has 2 aliphatic rings. The zero-order valence-electron chi connectivity index (χ0n) is 15.0. The third-order valence-corrected chi connectivity index (χ3v) is 5.73. The smallest absolute Gasteiger partial charge is 0.240 e. The predicted molar refractivity (Wildman–Crippen MR) is 107 cm³/mol. The van der Waals surface area contributed by atoms with Gasteiger partial charge in [-0.2, -0.15) is 0 Å². The second-order valence-corrected chi connectivity index (χ2v) is 7.54. The molecule has 1 aliphatic heterocycles.